The Balaban J connectivity index is 2.22. The summed E-state index contributed by atoms with van der Waals surface area (Å²) in [7, 11) is 0. The molecule has 1 fully saturated rings. The number of carbonyl (C=O) groups is 1. The number of unbranched alkanes of at least 4 members (excludes halogenated alkanes) is 12. The van der Waals surface area contributed by atoms with Gasteiger partial charge in [0.15, 0.2) is 0 Å². The van der Waals surface area contributed by atoms with E-state index in [2.05, 4.69) is 6.92 Å². The fourth-order valence-electron chi connectivity index (χ4n) is 4.22. The predicted molar refractivity (Wildman–Crippen MR) is 133 cm³/mol. The van der Waals surface area contributed by atoms with Gasteiger partial charge in [0, 0.05) is 0 Å². The lowest BCUT2D eigenvalue weighted by Crippen LogP contribution is -2.53. The Morgan fingerprint density at radius 3 is 2.03 bits per heavy atom. The van der Waals surface area contributed by atoms with E-state index in [4.69, 9.17) is 9.47 Å². The minimum atomic E-state index is -0.794. The van der Waals surface area contributed by atoms with E-state index in [0.717, 1.165) is 12.8 Å². The Labute approximate surface area is 197 Å². The average molecular weight is 454 g/mol. The maximum absolute atomic E-state index is 12.7. The van der Waals surface area contributed by atoms with Crippen molar-refractivity contribution < 1.29 is 19.4 Å². The minimum absolute atomic E-state index is 0.302. The van der Waals surface area contributed by atoms with Gasteiger partial charge < -0.3 is 14.6 Å². The molecule has 32 heavy (non-hydrogen) atoms. The second kappa shape index (κ2) is 15.0. The Kier molecular flexibility index (Phi) is 13.5. The van der Waals surface area contributed by atoms with E-state index in [1.165, 1.54) is 75.5 Å². The molecule has 188 valence electrons. The zero-order chi connectivity index (χ0) is 24.0. The maximum Gasteiger partial charge on any atom is 0.413 e. The van der Waals surface area contributed by atoms with Crippen molar-refractivity contribution in [2.75, 3.05) is 6.61 Å². The SMILES string of the molecule is CCCCCCCCCCCCCC/C=C/[C@@H](O)[C@@H]1COC(C)(C)N1C(=O)OC(C)(C)C. The van der Waals surface area contributed by atoms with Crippen molar-refractivity contribution in [3.05, 3.63) is 12.2 Å². The molecule has 1 aliphatic heterocycles. The highest BCUT2D eigenvalue weighted by atomic mass is 16.6. The van der Waals surface area contributed by atoms with Gasteiger partial charge in [-0.05, 0) is 47.5 Å². The lowest BCUT2D eigenvalue weighted by Gasteiger charge is -2.36. The van der Waals surface area contributed by atoms with Crippen LogP contribution in [0.25, 0.3) is 0 Å². The summed E-state index contributed by atoms with van der Waals surface area (Å²) < 4.78 is 11.3. The Hall–Kier alpha value is -1.07. The van der Waals surface area contributed by atoms with E-state index in [1.807, 2.05) is 46.8 Å². The second-order valence-corrected chi connectivity index (χ2v) is 10.8. The number of allylic oxidation sites excluding steroid dienone is 1. The number of ether oxygens (including phenoxy) is 2. The van der Waals surface area contributed by atoms with Crippen LogP contribution in [0.4, 0.5) is 4.79 Å². The average Bonchev–Trinajstić information content (AvgIpc) is 3.02. The number of carbonyl (C=O) groups excluding carboxylic acids is 1. The van der Waals surface area contributed by atoms with E-state index < -0.39 is 29.6 Å². The number of amides is 1. The Morgan fingerprint density at radius 2 is 1.53 bits per heavy atom. The summed E-state index contributed by atoms with van der Waals surface area (Å²) in [6.45, 7) is 11.8. The van der Waals surface area contributed by atoms with Gasteiger partial charge in [-0.15, -0.1) is 0 Å². The molecule has 1 rings (SSSR count). The third-order valence-corrected chi connectivity index (χ3v) is 6.06. The van der Waals surface area contributed by atoms with Crippen LogP contribution in [-0.2, 0) is 9.47 Å². The fraction of sp³-hybridized carbons (Fsp3) is 0.889. The maximum atomic E-state index is 12.7. The van der Waals surface area contributed by atoms with Crippen molar-refractivity contribution in [2.45, 2.75) is 148 Å². The molecule has 5 heteroatoms. The number of aliphatic hydroxyl groups excluding tert-OH is 1. The topological polar surface area (TPSA) is 59.0 Å². The van der Waals surface area contributed by atoms with Gasteiger partial charge in [-0.1, -0.05) is 89.7 Å². The molecule has 1 N–H and O–H groups in total. The molecule has 0 aromatic carbocycles. The van der Waals surface area contributed by atoms with Gasteiger partial charge in [-0.2, -0.15) is 0 Å². The molecule has 0 saturated carbocycles. The van der Waals surface area contributed by atoms with Crippen LogP contribution in [0.2, 0.25) is 0 Å². The first-order chi connectivity index (χ1) is 15.1. The van der Waals surface area contributed by atoms with Crippen LogP contribution in [0.3, 0.4) is 0 Å². The molecule has 0 aromatic rings. The number of aliphatic hydroxyl groups is 1. The van der Waals surface area contributed by atoms with Gasteiger partial charge in [0.2, 0.25) is 0 Å². The minimum Gasteiger partial charge on any atom is -0.444 e. The molecule has 5 nitrogen and oxygen atoms in total. The van der Waals surface area contributed by atoms with E-state index >= 15 is 0 Å². The molecule has 1 saturated heterocycles. The lowest BCUT2D eigenvalue weighted by molar-refractivity contribution is -0.0661. The third kappa shape index (κ3) is 11.7. The van der Waals surface area contributed by atoms with Crippen molar-refractivity contribution in [3.63, 3.8) is 0 Å². The molecule has 0 aromatic heterocycles. The van der Waals surface area contributed by atoms with Crippen LogP contribution in [0.15, 0.2) is 12.2 Å². The van der Waals surface area contributed by atoms with Crippen LogP contribution >= 0.6 is 0 Å². The summed E-state index contributed by atoms with van der Waals surface area (Å²) in [6, 6.07) is -0.432. The second-order valence-electron chi connectivity index (χ2n) is 10.8. The highest BCUT2D eigenvalue weighted by molar-refractivity contribution is 5.70. The molecule has 0 radical (unpaired) electrons. The zero-order valence-electron chi connectivity index (χ0n) is 21.8. The fourth-order valence-corrected chi connectivity index (χ4v) is 4.22. The van der Waals surface area contributed by atoms with E-state index in [-0.39, 0.29) is 0 Å². The quantitative estimate of drug-likeness (QED) is 0.208. The first kappa shape index (κ1) is 29.0. The van der Waals surface area contributed by atoms with Crippen LogP contribution in [0.1, 0.15) is 125 Å². The van der Waals surface area contributed by atoms with Crippen molar-refractivity contribution in [3.8, 4) is 0 Å². The molecule has 0 bridgehead atoms. The van der Waals surface area contributed by atoms with Gasteiger partial charge in [0.25, 0.3) is 0 Å². The molecule has 0 aliphatic carbocycles. The summed E-state index contributed by atoms with van der Waals surface area (Å²) in [5.74, 6) is 0. The monoisotopic (exact) mass is 453 g/mol. The number of hydrogen-bond donors (Lipinski definition) is 1. The Bertz CT molecular complexity index is 538. The van der Waals surface area contributed by atoms with Gasteiger partial charge in [-0.25, -0.2) is 4.79 Å². The smallest absolute Gasteiger partial charge is 0.413 e. The normalized spacial score (nSPS) is 19.6. The van der Waals surface area contributed by atoms with Crippen molar-refractivity contribution in [1.29, 1.82) is 0 Å². The highest BCUT2D eigenvalue weighted by Crippen LogP contribution is 2.31. The molecule has 1 aliphatic rings. The summed E-state index contributed by atoms with van der Waals surface area (Å²) >= 11 is 0. The van der Waals surface area contributed by atoms with Crippen molar-refractivity contribution in [2.24, 2.45) is 0 Å². The van der Waals surface area contributed by atoms with E-state index in [1.54, 1.807) is 0 Å². The van der Waals surface area contributed by atoms with E-state index in [0.29, 0.717) is 6.61 Å². The van der Waals surface area contributed by atoms with Gasteiger partial charge in [-0.3, -0.25) is 4.90 Å². The van der Waals surface area contributed by atoms with Crippen LogP contribution < -0.4 is 0 Å². The largest absolute Gasteiger partial charge is 0.444 e. The molecule has 1 heterocycles. The van der Waals surface area contributed by atoms with Gasteiger partial charge in [0.05, 0.1) is 18.8 Å². The number of rotatable bonds is 15. The summed E-state index contributed by atoms with van der Waals surface area (Å²) in [6.07, 6.45) is 19.7. The van der Waals surface area contributed by atoms with Gasteiger partial charge >= 0.3 is 6.09 Å². The summed E-state index contributed by atoms with van der Waals surface area (Å²) in [4.78, 5) is 14.2. The number of hydrogen-bond acceptors (Lipinski definition) is 4. The summed E-state index contributed by atoms with van der Waals surface area (Å²) in [5, 5.41) is 10.7. The van der Waals surface area contributed by atoms with E-state index in [9.17, 15) is 9.90 Å². The molecule has 0 spiro atoms. The van der Waals surface area contributed by atoms with Crippen molar-refractivity contribution in [1.82, 2.24) is 4.90 Å². The molecular formula is C27H51NO4. The van der Waals surface area contributed by atoms with Crippen LogP contribution in [-0.4, -0.2) is 46.2 Å². The third-order valence-electron chi connectivity index (χ3n) is 6.06. The summed E-state index contributed by atoms with van der Waals surface area (Å²) in [5.41, 5.74) is -1.38. The zero-order valence-corrected chi connectivity index (χ0v) is 21.8. The highest BCUT2D eigenvalue weighted by Gasteiger charge is 2.47. The van der Waals surface area contributed by atoms with Crippen LogP contribution in [0.5, 0.6) is 0 Å². The molecular weight excluding hydrogens is 402 g/mol. The first-order valence-electron chi connectivity index (χ1n) is 13.1. The van der Waals surface area contributed by atoms with Crippen molar-refractivity contribution >= 4 is 6.09 Å². The van der Waals surface area contributed by atoms with Crippen LogP contribution in [0, 0.1) is 0 Å². The lowest BCUT2D eigenvalue weighted by atomic mass is 10.0. The molecule has 2 atom stereocenters. The first-order valence-corrected chi connectivity index (χ1v) is 13.1. The molecule has 0 unspecified atom stereocenters. The standard InChI is InChI=1S/C27H51NO4/c1-7-8-9-10-11-12-13-14-15-16-17-18-19-20-21-24(29)23-22-31-27(5,6)28(23)25(30)32-26(2,3)4/h20-21,23-24,29H,7-19,22H2,1-6H3/b21-20+/t23-,24+/m0/s1. The number of nitrogens with zero attached hydrogens (tertiary/aromatic N) is 1. The van der Waals surface area contributed by atoms with Gasteiger partial charge in [0.1, 0.15) is 11.3 Å². The Morgan fingerprint density at radius 1 is 1.03 bits per heavy atom. The molecule has 1 amide bonds. The predicted octanol–water partition coefficient (Wildman–Crippen LogP) is 7.37.